The smallest absolute Gasteiger partial charge is 0.303 e. The zero-order chi connectivity index (χ0) is 17.8. The van der Waals surface area contributed by atoms with E-state index < -0.39 is 5.97 Å². The second-order valence-electron chi connectivity index (χ2n) is 6.06. The molecule has 2 aromatic rings. The predicted molar refractivity (Wildman–Crippen MR) is 93.7 cm³/mol. The molecule has 1 atom stereocenters. The van der Waals surface area contributed by atoms with Gasteiger partial charge in [0.15, 0.2) is 5.76 Å². The first-order valence-electron chi connectivity index (χ1n) is 8.11. The van der Waals surface area contributed by atoms with E-state index in [2.05, 4.69) is 5.32 Å². The van der Waals surface area contributed by atoms with Crippen molar-refractivity contribution in [1.29, 1.82) is 0 Å². The molecule has 0 bridgehead atoms. The molecule has 0 spiro atoms. The number of benzene rings is 1. The van der Waals surface area contributed by atoms with E-state index in [1.54, 1.807) is 23.1 Å². The lowest BCUT2D eigenvalue weighted by atomic mass is 10.1. The molecule has 0 aliphatic carbocycles. The highest BCUT2D eigenvalue weighted by molar-refractivity contribution is 6.33. The van der Waals surface area contributed by atoms with Crippen molar-refractivity contribution >= 4 is 23.5 Å². The fourth-order valence-corrected chi connectivity index (χ4v) is 3.20. The first-order valence-corrected chi connectivity index (χ1v) is 8.49. The number of furan rings is 1. The minimum absolute atomic E-state index is 0.0276. The van der Waals surface area contributed by atoms with E-state index in [0.717, 1.165) is 5.56 Å². The summed E-state index contributed by atoms with van der Waals surface area (Å²) in [7, 11) is 0. The number of aliphatic carboxylic acids is 1. The lowest BCUT2D eigenvalue weighted by molar-refractivity contribution is -0.138. The monoisotopic (exact) mass is 362 g/mol. The Hall–Kier alpha value is -2.31. The third kappa shape index (κ3) is 4.21. The molecule has 2 N–H and O–H groups in total. The second kappa shape index (κ2) is 7.72. The molecule has 1 saturated heterocycles. The number of carbonyl (C=O) groups is 2. The molecule has 0 saturated carbocycles. The standard InChI is InChI=1S/C18H19ClN2O4/c19-14-4-2-1-3-13(14)15-5-6-16(25-15)18(24)21-8-7-20-10-12(11-21)9-17(22)23/h1-6,12,20H,7-11H2,(H,22,23). The van der Waals surface area contributed by atoms with Gasteiger partial charge < -0.3 is 19.7 Å². The number of rotatable bonds is 4. The number of nitrogens with one attached hydrogen (secondary N) is 1. The first kappa shape index (κ1) is 17.5. The highest BCUT2D eigenvalue weighted by Gasteiger charge is 2.26. The van der Waals surface area contributed by atoms with Crippen molar-refractivity contribution in [2.24, 2.45) is 5.92 Å². The number of carboxylic acids is 1. The van der Waals surface area contributed by atoms with Gasteiger partial charge in [0.1, 0.15) is 5.76 Å². The van der Waals surface area contributed by atoms with Gasteiger partial charge in [-0.1, -0.05) is 23.7 Å². The van der Waals surface area contributed by atoms with Crippen molar-refractivity contribution in [1.82, 2.24) is 10.2 Å². The maximum atomic E-state index is 12.7. The van der Waals surface area contributed by atoms with Crippen molar-refractivity contribution in [2.75, 3.05) is 26.2 Å². The maximum Gasteiger partial charge on any atom is 0.303 e. The highest BCUT2D eigenvalue weighted by atomic mass is 35.5. The van der Waals surface area contributed by atoms with Gasteiger partial charge in [-0.15, -0.1) is 0 Å². The highest BCUT2D eigenvalue weighted by Crippen LogP contribution is 2.29. The van der Waals surface area contributed by atoms with Crippen LogP contribution in [0.4, 0.5) is 0 Å². The number of amides is 1. The van der Waals surface area contributed by atoms with Crippen molar-refractivity contribution in [3.63, 3.8) is 0 Å². The van der Waals surface area contributed by atoms with Crippen LogP contribution in [-0.2, 0) is 4.79 Å². The summed E-state index contributed by atoms with van der Waals surface area (Å²) in [4.78, 5) is 25.3. The number of nitrogens with zero attached hydrogens (tertiary/aromatic N) is 1. The zero-order valence-electron chi connectivity index (χ0n) is 13.6. The molecule has 1 unspecified atom stereocenters. The van der Waals surface area contributed by atoms with E-state index in [0.29, 0.717) is 37.0 Å². The topological polar surface area (TPSA) is 82.8 Å². The minimum Gasteiger partial charge on any atom is -0.481 e. The Morgan fingerprint density at radius 3 is 2.84 bits per heavy atom. The van der Waals surface area contributed by atoms with E-state index in [-0.39, 0.29) is 24.0 Å². The Labute approximate surface area is 150 Å². The Morgan fingerprint density at radius 2 is 2.08 bits per heavy atom. The molecule has 0 radical (unpaired) electrons. The van der Waals surface area contributed by atoms with Crippen LogP contribution in [0.25, 0.3) is 11.3 Å². The number of carboxylic acid groups (broad SMARTS) is 1. The molecule has 1 amide bonds. The van der Waals surface area contributed by atoms with Crippen LogP contribution < -0.4 is 5.32 Å². The third-order valence-corrected chi connectivity index (χ3v) is 4.51. The molecule has 1 aromatic carbocycles. The third-order valence-electron chi connectivity index (χ3n) is 4.18. The lowest BCUT2D eigenvalue weighted by Crippen LogP contribution is -2.36. The number of halogens is 1. The van der Waals surface area contributed by atoms with E-state index in [9.17, 15) is 9.59 Å². The molecule has 6 nitrogen and oxygen atoms in total. The van der Waals surface area contributed by atoms with Gasteiger partial charge in [-0.2, -0.15) is 0 Å². The molecule has 1 aliphatic rings. The predicted octanol–water partition coefficient (Wildman–Crippen LogP) is 2.74. The van der Waals surface area contributed by atoms with Gasteiger partial charge in [-0.05, 0) is 30.2 Å². The molecule has 25 heavy (non-hydrogen) atoms. The van der Waals surface area contributed by atoms with Crippen LogP contribution in [-0.4, -0.2) is 48.1 Å². The number of carbonyl (C=O) groups excluding carboxylic acids is 1. The van der Waals surface area contributed by atoms with Crippen LogP contribution in [0.1, 0.15) is 17.0 Å². The van der Waals surface area contributed by atoms with Gasteiger partial charge in [-0.3, -0.25) is 9.59 Å². The number of hydrogen-bond acceptors (Lipinski definition) is 4. The Bertz CT molecular complexity index is 774. The van der Waals surface area contributed by atoms with E-state index in [4.69, 9.17) is 21.1 Å². The molecule has 3 rings (SSSR count). The molecular weight excluding hydrogens is 344 g/mol. The largest absolute Gasteiger partial charge is 0.481 e. The summed E-state index contributed by atoms with van der Waals surface area (Å²) >= 11 is 6.17. The fourth-order valence-electron chi connectivity index (χ4n) is 2.97. The summed E-state index contributed by atoms with van der Waals surface area (Å²) in [5.41, 5.74) is 0.726. The summed E-state index contributed by atoms with van der Waals surface area (Å²) in [6, 6.07) is 10.6. The van der Waals surface area contributed by atoms with Crippen molar-refractivity contribution < 1.29 is 19.1 Å². The van der Waals surface area contributed by atoms with Gasteiger partial charge in [-0.25, -0.2) is 0 Å². The molecule has 1 aliphatic heterocycles. The SMILES string of the molecule is O=C(O)CC1CNCCN(C(=O)c2ccc(-c3ccccc3Cl)o2)C1. The Balaban J connectivity index is 1.76. The average Bonchev–Trinajstić information content (AvgIpc) is 2.95. The van der Waals surface area contributed by atoms with Crippen LogP contribution in [0.5, 0.6) is 0 Å². The Kier molecular flexibility index (Phi) is 5.40. The summed E-state index contributed by atoms with van der Waals surface area (Å²) < 4.78 is 5.71. The average molecular weight is 363 g/mol. The van der Waals surface area contributed by atoms with Crippen LogP contribution in [0, 0.1) is 5.92 Å². The molecule has 1 aromatic heterocycles. The zero-order valence-corrected chi connectivity index (χ0v) is 14.3. The number of hydrogen-bond donors (Lipinski definition) is 2. The molecule has 2 heterocycles. The van der Waals surface area contributed by atoms with Crippen molar-refractivity contribution in [3.8, 4) is 11.3 Å². The van der Waals surface area contributed by atoms with Crippen LogP contribution >= 0.6 is 11.6 Å². The van der Waals surface area contributed by atoms with Crippen LogP contribution in [0.2, 0.25) is 5.02 Å². The minimum atomic E-state index is -0.861. The molecule has 7 heteroatoms. The fraction of sp³-hybridized carbons (Fsp3) is 0.333. The summed E-state index contributed by atoms with van der Waals surface area (Å²) in [6.07, 6.45) is 0.0276. The van der Waals surface area contributed by atoms with E-state index >= 15 is 0 Å². The van der Waals surface area contributed by atoms with Gasteiger partial charge in [0, 0.05) is 31.7 Å². The van der Waals surface area contributed by atoms with E-state index in [1.165, 1.54) is 0 Å². The second-order valence-corrected chi connectivity index (χ2v) is 6.47. The van der Waals surface area contributed by atoms with Gasteiger partial charge in [0.05, 0.1) is 11.4 Å². The molecule has 132 valence electrons. The molecular formula is C18H19ClN2O4. The molecule has 1 fully saturated rings. The summed E-state index contributed by atoms with van der Waals surface area (Å²) in [6.45, 7) is 2.11. The first-order chi connectivity index (χ1) is 12.0. The van der Waals surface area contributed by atoms with Gasteiger partial charge in [0.2, 0.25) is 0 Å². The summed E-state index contributed by atoms with van der Waals surface area (Å²) in [5.74, 6) is -0.464. The van der Waals surface area contributed by atoms with Crippen molar-refractivity contribution in [3.05, 3.63) is 47.2 Å². The van der Waals surface area contributed by atoms with Gasteiger partial charge >= 0.3 is 5.97 Å². The van der Waals surface area contributed by atoms with Crippen LogP contribution in [0.15, 0.2) is 40.8 Å². The Morgan fingerprint density at radius 1 is 1.28 bits per heavy atom. The van der Waals surface area contributed by atoms with E-state index in [1.807, 2.05) is 18.2 Å². The normalized spacial score (nSPS) is 18.0. The maximum absolute atomic E-state index is 12.7. The lowest BCUT2D eigenvalue weighted by Gasteiger charge is -2.22. The van der Waals surface area contributed by atoms with Crippen molar-refractivity contribution in [2.45, 2.75) is 6.42 Å². The summed E-state index contributed by atoms with van der Waals surface area (Å²) in [5, 5.41) is 12.7. The quantitative estimate of drug-likeness (QED) is 0.873. The van der Waals surface area contributed by atoms with Gasteiger partial charge in [0.25, 0.3) is 5.91 Å². The van der Waals surface area contributed by atoms with Crippen LogP contribution in [0.3, 0.4) is 0 Å².